The van der Waals surface area contributed by atoms with Crippen molar-refractivity contribution in [3.05, 3.63) is 69.7 Å². The normalized spacial score (nSPS) is 11.9. The first-order valence-electron chi connectivity index (χ1n) is 9.87. The lowest BCUT2D eigenvalue weighted by Gasteiger charge is -2.31. The molecule has 0 radical (unpaired) electrons. The van der Waals surface area contributed by atoms with Gasteiger partial charge in [-0.15, -0.1) is 0 Å². The second kappa shape index (κ2) is 11.2. The van der Waals surface area contributed by atoms with Gasteiger partial charge in [-0.25, -0.2) is 0 Å². The van der Waals surface area contributed by atoms with Gasteiger partial charge in [0.05, 0.1) is 6.42 Å². The van der Waals surface area contributed by atoms with Crippen molar-refractivity contribution in [3.8, 4) is 0 Å². The van der Waals surface area contributed by atoms with Crippen molar-refractivity contribution in [2.24, 2.45) is 5.92 Å². The molecule has 0 saturated heterocycles. The Morgan fingerprint density at radius 3 is 2.17 bits per heavy atom. The van der Waals surface area contributed by atoms with Gasteiger partial charge in [-0.3, -0.25) is 9.59 Å². The molecule has 0 spiro atoms. The van der Waals surface area contributed by atoms with Crippen LogP contribution in [0.4, 0.5) is 0 Å². The van der Waals surface area contributed by atoms with Gasteiger partial charge >= 0.3 is 0 Å². The second-order valence-electron chi connectivity index (χ2n) is 7.45. The lowest BCUT2D eigenvalue weighted by atomic mass is 10.1. The summed E-state index contributed by atoms with van der Waals surface area (Å²) >= 11 is 12.7. The summed E-state index contributed by atoms with van der Waals surface area (Å²) < 4.78 is 0. The Bertz CT molecular complexity index is 805. The Balaban J connectivity index is 2.32. The largest absolute Gasteiger partial charge is 0.354 e. The third-order valence-corrected chi connectivity index (χ3v) is 5.37. The van der Waals surface area contributed by atoms with Crippen LogP contribution in [0.1, 0.15) is 38.3 Å². The van der Waals surface area contributed by atoms with Gasteiger partial charge in [-0.1, -0.05) is 80.4 Å². The summed E-state index contributed by atoms with van der Waals surface area (Å²) in [6.45, 7) is 6.70. The summed E-state index contributed by atoms with van der Waals surface area (Å²) in [5, 5.41) is 3.91. The number of carbonyl (C=O) groups excluding carboxylic acids is 2. The maximum Gasteiger partial charge on any atom is 0.242 e. The van der Waals surface area contributed by atoms with Crippen molar-refractivity contribution in [1.29, 1.82) is 0 Å². The molecule has 0 aliphatic heterocycles. The third kappa shape index (κ3) is 6.76. The lowest BCUT2D eigenvalue weighted by Crippen LogP contribution is -2.50. The van der Waals surface area contributed by atoms with Gasteiger partial charge in [-0.2, -0.15) is 0 Å². The second-order valence-corrected chi connectivity index (χ2v) is 8.26. The monoisotopic (exact) mass is 434 g/mol. The Hall–Kier alpha value is -2.04. The molecule has 0 unspecified atom stereocenters. The van der Waals surface area contributed by atoms with E-state index in [2.05, 4.69) is 5.32 Å². The average Bonchev–Trinajstić information content (AvgIpc) is 2.69. The molecule has 4 nitrogen and oxygen atoms in total. The van der Waals surface area contributed by atoms with E-state index >= 15 is 0 Å². The average molecular weight is 435 g/mol. The highest BCUT2D eigenvalue weighted by Gasteiger charge is 2.29. The topological polar surface area (TPSA) is 49.4 Å². The minimum absolute atomic E-state index is 0.140. The summed E-state index contributed by atoms with van der Waals surface area (Å²) in [6.07, 6.45) is 0.698. The molecule has 2 aromatic carbocycles. The molecule has 0 heterocycles. The van der Waals surface area contributed by atoms with Gasteiger partial charge in [0.25, 0.3) is 0 Å². The van der Waals surface area contributed by atoms with Gasteiger partial charge in [0.15, 0.2) is 0 Å². The van der Waals surface area contributed by atoms with Crippen LogP contribution in [0.25, 0.3) is 0 Å². The van der Waals surface area contributed by atoms with Gasteiger partial charge in [0.2, 0.25) is 11.8 Å². The molecule has 0 aliphatic carbocycles. The molecule has 0 aliphatic rings. The summed E-state index contributed by atoms with van der Waals surface area (Å²) in [5.74, 6) is 0.0208. The zero-order chi connectivity index (χ0) is 21.4. The predicted molar refractivity (Wildman–Crippen MR) is 119 cm³/mol. The smallest absolute Gasteiger partial charge is 0.242 e. The minimum Gasteiger partial charge on any atom is -0.354 e. The Morgan fingerprint density at radius 1 is 1.00 bits per heavy atom. The molecule has 2 rings (SSSR count). The molecule has 2 aromatic rings. The number of nitrogens with zero attached hydrogens (tertiary/aromatic N) is 1. The Kier molecular flexibility index (Phi) is 8.99. The van der Waals surface area contributed by atoms with Crippen molar-refractivity contribution in [2.45, 2.75) is 46.2 Å². The quantitative estimate of drug-likeness (QED) is 0.595. The first kappa shape index (κ1) is 23.2. The van der Waals surface area contributed by atoms with Crippen LogP contribution in [-0.2, 0) is 22.6 Å². The van der Waals surface area contributed by atoms with Crippen LogP contribution in [0.3, 0.4) is 0 Å². The third-order valence-electron chi connectivity index (χ3n) is 4.66. The molecule has 29 heavy (non-hydrogen) atoms. The summed E-state index contributed by atoms with van der Waals surface area (Å²) in [6, 6.07) is 14.1. The van der Waals surface area contributed by atoms with Crippen LogP contribution in [-0.4, -0.2) is 29.3 Å². The van der Waals surface area contributed by atoms with E-state index in [1.807, 2.05) is 51.1 Å². The van der Waals surface area contributed by atoms with Crippen LogP contribution in [0.15, 0.2) is 48.5 Å². The first-order valence-corrected chi connectivity index (χ1v) is 10.6. The molecular formula is C23H28Cl2N2O2. The predicted octanol–water partition coefficient (Wildman–Crippen LogP) is 5.12. The van der Waals surface area contributed by atoms with Gasteiger partial charge in [0, 0.05) is 28.7 Å². The highest BCUT2D eigenvalue weighted by molar-refractivity contribution is 6.36. The molecule has 6 heteroatoms. The number of hydrogen-bond donors (Lipinski definition) is 1. The van der Waals surface area contributed by atoms with Crippen LogP contribution in [0, 0.1) is 5.92 Å². The molecule has 1 atom stereocenters. The van der Waals surface area contributed by atoms with E-state index < -0.39 is 6.04 Å². The number of hydrogen-bond acceptors (Lipinski definition) is 2. The highest BCUT2D eigenvalue weighted by atomic mass is 35.5. The standard InChI is InChI=1S/C23H28Cl2N2O2/c1-4-21(23(29)26-14-16(2)3)27(15-18-19(24)11-8-12-20(18)25)22(28)13-17-9-6-5-7-10-17/h5-12,16,21H,4,13-15H2,1-3H3,(H,26,29)/t21-/m1/s1. The van der Waals surface area contributed by atoms with Crippen molar-refractivity contribution < 1.29 is 9.59 Å². The first-order chi connectivity index (χ1) is 13.8. The Labute approximate surface area is 183 Å². The fourth-order valence-electron chi connectivity index (χ4n) is 3.07. The molecule has 2 amide bonds. The number of halogens is 2. The number of carbonyl (C=O) groups is 2. The molecule has 0 bridgehead atoms. The van der Waals surface area contributed by atoms with Gasteiger partial charge in [0.1, 0.15) is 6.04 Å². The molecule has 0 aromatic heterocycles. The van der Waals surface area contributed by atoms with E-state index in [0.717, 1.165) is 5.56 Å². The van der Waals surface area contributed by atoms with Crippen LogP contribution in [0.2, 0.25) is 10.0 Å². The SMILES string of the molecule is CC[C@H](C(=O)NCC(C)C)N(Cc1c(Cl)cccc1Cl)C(=O)Cc1ccccc1. The molecule has 0 fully saturated rings. The van der Waals surface area contributed by atoms with Crippen LogP contribution < -0.4 is 5.32 Å². The van der Waals surface area contributed by atoms with E-state index in [1.165, 1.54) is 0 Å². The van der Waals surface area contributed by atoms with Crippen molar-refractivity contribution in [3.63, 3.8) is 0 Å². The molecule has 156 valence electrons. The summed E-state index contributed by atoms with van der Waals surface area (Å²) in [4.78, 5) is 27.7. The zero-order valence-corrected chi connectivity index (χ0v) is 18.6. The van der Waals surface area contributed by atoms with Gasteiger partial charge < -0.3 is 10.2 Å². The van der Waals surface area contributed by atoms with Crippen LogP contribution in [0.5, 0.6) is 0 Å². The van der Waals surface area contributed by atoms with E-state index in [0.29, 0.717) is 34.5 Å². The highest BCUT2D eigenvalue weighted by Crippen LogP contribution is 2.27. The maximum atomic E-state index is 13.2. The molecule has 1 N–H and O–H groups in total. The van der Waals surface area contributed by atoms with E-state index in [-0.39, 0.29) is 24.8 Å². The number of rotatable bonds is 9. The molecular weight excluding hydrogens is 407 g/mol. The number of nitrogens with one attached hydrogen (secondary N) is 1. The maximum absolute atomic E-state index is 13.2. The van der Waals surface area contributed by atoms with E-state index in [1.54, 1.807) is 23.1 Å². The minimum atomic E-state index is -0.600. The van der Waals surface area contributed by atoms with Gasteiger partial charge in [-0.05, 0) is 30.0 Å². The fraction of sp³-hybridized carbons (Fsp3) is 0.391. The summed E-state index contributed by atoms with van der Waals surface area (Å²) in [5.41, 5.74) is 1.54. The van der Waals surface area contributed by atoms with Crippen LogP contribution >= 0.6 is 23.2 Å². The Morgan fingerprint density at radius 2 is 1.62 bits per heavy atom. The van der Waals surface area contributed by atoms with Crippen molar-refractivity contribution in [1.82, 2.24) is 10.2 Å². The number of benzene rings is 2. The number of amides is 2. The molecule has 0 saturated carbocycles. The van der Waals surface area contributed by atoms with E-state index in [4.69, 9.17) is 23.2 Å². The van der Waals surface area contributed by atoms with Crippen molar-refractivity contribution >= 4 is 35.0 Å². The van der Waals surface area contributed by atoms with Crippen molar-refractivity contribution in [2.75, 3.05) is 6.54 Å². The summed E-state index contributed by atoms with van der Waals surface area (Å²) in [7, 11) is 0. The fourth-order valence-corrected chi connectivity index (χ4v) is 3.58. The van der Waals surface area contributed by atoms with E-state index in [9.17, 15) is 9.59 Å². The lowest BCUT2D eigenvalue weighted by molar-refractivity contribution is -0.141. The zero-order valence-electron chi connectivity index (χ0n) is 17.1.